The van der Waals surface area contributed by atoms with Crippen molar-refractivity contribution in [1.82, 2.24) is 19.7 Å². The molecule has 1 aromatic carbocycles. The number of hydrogen-bond acceptors (Lipinski definition) is 4. The van der Waals surface area contributed by atoms with Crippen molar-refractivity contribution in [2.45, 2.75) is 44.6 Å². The van der Waals surface area contributed by atoms with Crippen LogP contribution >= 0.6 is 11.6 Å². The zero-order chi connectivity index (χ0) is 17.9. The van der Waals surface area contributed by atoms with Crippen LogP contribution in [0.15, 0.2) is 48.7 Å². The number of pyridine rings is 1. The Kier molecular flexibility index (Phi) is 4.89. The summed E-state index contributed by atoms with van der Waals surface area (Å²) in [7, 11) is 0. The molecule has 134 valence electrons. The first-order valence-electron chi connectivity index (χ1n) is 8.96. The van der Waals surface area contributed by atoms with Gasteiger partial charge >= 0.3 is 0 Å². The van der Waals surface area contributed by atoms with Crippen molar-refractivity contribution in [1.29, 1.82) is 0 Å². The van der Waals surface area contributed by atoms with Crippen LogP contribution in [0.3, 0.4) is 0 Å². The van der Waals surface area contributed by atoms with Gasteiger partial charge in [0.2, 0.25) is 5.88 Å². The van der Waals surface area contributed by atoms with E-state index in [9.17, 15) is 0 Å². The zero-order valence-electron chi connectivity index (χ0n) is 14.7. The Bertz CT molecular complexity index is 873. The van der Waals surface area contributed by atoms with Gasteiger partial charge in [0, 0.05) is 23.2 Å². The van der Waals surface area contributed by atoms with Crippen molar-refractivity contribution in [2.24, 2.45) is 0 Å². The molecule has 0 unspecified atom stereocenters. The van der Waals surface area contributed by atoms with Gasteiger partial charge in [-0.1, -0.05) is 23.7 Å². The van der Waals surface area contributed by atoms with Crippen molar-refractivity contribution in [3.63, 3.8) is 0 Å². The van der Waals surface area contributed by atoms with Crippen LogP contribution in [0, 0.1) is 6.92 Å². The largest absolute Gasteiger partial charge is 0.474 e. The van der Waals surface area contributed by atoms with Gasteiger partial charge in [-0.25, -0.2) is 4.98 Å². The minimum Gasteiger partial charge on any atom is -0.474 e. The minimum absolute atomic E-state index is 0.213. The molecule has 1 saturated carbocycles. The van der Waals surface area contributed by atoms with E-state index >= 15 is 0 Å². The van der Waals surface area contributed by atoms with Gasteiger partial charge in [0.15, 0.2) is 0 Å². The second kappa shape index (κ2) is 7.46. The van der Waals surface area contributed by atoms with Crippen molar-refractivity contribution in [2.75, 3.05) is 0 Å². The van der Waals surface area contributed by atoms with Gasteiger partial charge in [-0.05, 0) is 56.9 Å². The third-order valence-electron chi connectivity index (χ3n) is 4.88. The Morgan fingerprint density at radius 2 is 1.88 bits per heavy atom. The van der Waals surface area contributed by atoms with Crippen LogP contribution in [-0.2, 0) is 0 Å². The van der Waals surface area contributed by atoms with Gasteiger partial charge < -0.3 is 4.74 Å². The molecule has 1 fully saturated rings. The van der Waals surface area contributed by atoms with E-state index in [0.717, 1.165) is 43.0 Å². The normalized spacial score (nSPS) is 20.1. The number of benzene rings is 1. The fraction of sp³-hybridized carbons (Fsp3) is 0.350. The number of halogens is 1. The minimum atomic E-state index is 0.213. The molecule has 0 aliphatic heterocycles. The van der Waals surface area contributed by atoms with E-state index in [0.29, 0.717) is 16.8 Å². The molecular weight excluding hydrogens is 348 g/mol. The van der Waals surface area contributed by atoms with Crippen LogP contribution in [0.5, 0.6) is 5.88 Å². The summed E-state index contributed by atoms with van der Waals surface area (Å²) in [6.07, 6.45) is 6.00. The maximum absolute atomic E-state index is 6.17. The monoisotopic (exact) mass is 368 g/mol. The van der Waals surface area contributed by atoms with E-state index in [-0.39, 0.29) is 6.10 Å². The molecule has 3 aromatic rings. The molecule has 6 heteroatoms. The lowest BCUT2D eigenvalue weighted by molar-refractivity contribution is 0.139. The molecule has 26 heavy (non-hydrogen) atoms. The first-order valence-corrected chi connectivity index (χ1v) is 9.34. The zero-order valence-corrected chi connectivity index (χ0v) is 15.4. The standard InChI is InChI=1S/C20H21ClN4O/c1-14-23-24-20(25(14)17-6-4-5-16(21)13-17)15-8-10-18(11-9-15)26-19-7-2-3-12-22-19/h2-7,12-13,15,18H,8-11H2,1H3/t15-,18-. The van der Waals surface area contributed by atoms with E-state index in [1.54, 1.807) is 6.20 Å². The first-order chi connectivity index (χ1) is 12.7. The lowest BCUT2D eigenvalue weighted by atomic mass is 9.86. The quantitative estimate of drug-likeness (QED) is 0.668. The molecular formula is C20H21ClN4O. The number of ether oxygens (including phenoxy) is 1. The SMILES string of the molecule is Cc1nnc([C@H]2CC[C@H](Oc3ccccn3)CC2)n1-c1cccc(Cl)c1. The third-order valence-corrected chi connectivity index (χ3v) is 5.12. The van der Waals surface area contributed by atoms with E-state index in [4.69, 9.17) is 16.3 Å². The highest BCUT2D eigenvalue weighted by atomic mass is 35.5. The van der Waals surface area contributed by atoms with Crippen molar-refractivity contribution in [3.05, 3.63) is 65.3 Å². The lowest BCUT2D eigenvalue weighted by Gasteiger charge is -2.28. The lowest BCUT2D eigenvalue weighted by Crippen LogP contribution is -2.25. The van der Waals surface area contributed by atoms with Gasteiger partial charge in [0.1, 0.15) is 17.8 Å². The molecule has 2 aromatic heterocycles. The third kappa shape index (κ3) is 3.58. The molecule has 0 N–H and O–H groups in total. The Labute approximate surface area is 158 Å². The molecule has 4 rings (SSSR count). The average Bonchev–Trinajstić information content (AvgIpc) is 3.05. The molecule has 0 bridgehead atoms. The summed E-state index contributed by atoms with van der Waals surface area (Å²) >= 11 is 6.17. The molecule has 0 amide bonds. The average molecular weight is 369 g/mol. The Balaban J connectivity index is 1.48. The molecule has 0 spiro atoms. The molecule has 0 radical (unpaired) electrons. The Morgan fingerprint density at radius 3 is 2.62 bits per heavy atom. The summed E-state index contributed by atoms with van der Waals surface area (Å²) < 4.78 is 8.13. The molecule has 2 heterocycles. The predicted octanol–water partition coefficient (Wildman–Crippen LogP) is 4.73. The second-order valence-corrected chi connectivity index (χ2v) is 7.12. The smallest absolute Gasteiger partial charge is 0.213 e. The van der Waals surface area contributed by atoms with Crippen molar-refractivity contribution >= 4 is 11.6 Å². The summed E-state index contributed by atoms with van der Waals surface area (Å²) in [4.78, 5) is 4.25. The predicted molar refractivity (Wildman–Crippen MR) is 101 cm³/mol. The number of rotatable bonds is 4. The number of hydrogen-bond donors (Lipinski definition) is 0. The molecule has 1 aliphatic rings. The van der Waals surface area contributed by atoms with Gasteiger partial charge in [0.05, 0.1) is 5.69 Å². The summed E-state index contributed by atoms with van der Waals surface area (Å²) in [6, 6.07) is 13.6. The van der Waals surface area contributed by atoms with Crippen molar-refractivity contribution < 1.29 is 4.74 Å². The topological polar surface area (TPSA) is 52.8 Å². The summed E-state index contributed by atoms with van der Waals surface area (Å²) in [5, 5.41) is 9.50. The van der Waals surface area contributed by atoms with Crippen LogP contribution in [0.2, 0.25) is 5.02 Å². The molecule has 5 nitrogen and oxygen atoms in total. The maximum atomic E-state index is 6.17. The van der Waals surface area contributed by atoms with Crippen LogP contribution in [0.1, 0.15) is 43.3 Å². The van der Waals surface area contributed by atoms with E-state index in [1.807, 2.05) is 49.4 Å². The maximum Gasteiger partial charge on any atom is 0.213 e. The van der Waals surface area contributed by atoms with Gasteiger partial charge in [-0.15, -0.1) is 10.2 Å². The van der Waals surface area contributed by atoms with Crippen LogP contribution in [-0.4, -0.2) is 25.9 Å². The van der Waals surface area contributed by atoms with E-state index in [2.05, 4.69) is 19.7 Å². The highest BCUT2D eigenvalue weighted by Gasteiger charge is 2.28. The summed E-state index contributed by atoms with van der Waals surface area (Å²) in [5.74, 6) is 2.97. The fourth-order valence-electron chi connectivity index (χ4n) is 3.60. The highest BCUT2D eigenvalue weighted by molar-refractivity contribution is 6.30. The number of aromatic nitrogens is 4. The molecule has 1 aliphatic carbocycles. The fourth-order valence-corrected chi connectivity index (χ4v) is 3.79. The molecule has 0 saturated heterocycles. The Hall–Kier alpha value is -2.40. The summed E-state index contributed by atoms with van der Waals surface area (Å²) in [6.45, 7) is 1.98. The second-order valence-electron chi connectivity index (χ2n) is 6.68. The van der Waals surface area contributed by atoms with Gasteiger partial charge in [0.25, 0.3) is 0 Å². The van der Waals surface area contributed by atoms with Gasteiger partial charge in [-0.2, -0.15) is 0 Å². The molecule has 0 atom stereocenters. The summed E-state index contributed by atoms with van der Waals surface area (Å²) in [5.41, 5.74) is 1.02. The van der Waals surface area contributed by atoms with Crippen LogP contribution in [0.25, 0.3) is 5.69 Å². The van der Waals surface area contributed by atoms with Crippen LogP contribution in [0.4, 0.5) is 0 Å². The van der Waals surface area contributed by atoms with Crippen LogP contribution < -0.4 is 4.74 Å². The van der Waals surface area contributed by atoms with E-state index < -0.39 is 0 Å². The number of aryl methyl sites for hydroxylation is 1. The van der Waals surface area contributed by atoms with Gasteiger partial charge in [-0.3, -0.25) is 4.57 Å². The van der Waals surface area contributed by atoms with E-state index in [1.165, 1.54) is 0 Å². The first kappa shape index (κ1) is 17.0. The Morgan fingerprint density at radius 1 is 1.04 bits per heavy atom. The highest BCUT2D eigenvalue weighted by Crippen LogP contribution is 2.35. The van der Waals surface area contributed by atoms with Crippen molar-refractivity contribution in [3.8, 4) is 11.6 Å². The number of nitrogens with zero attached hydrogens (tertiary/aromatic N) is 4.